The molecule has 0 spiro atoms. The molecule has 1 amide bonds. The van der Waals surface area contributed by atoms with Gasteiger partial charge in [0.2, 0.25) is 15.9 Å². The molecule has 0 unspecified atom stereocenters. The minimum absolute atomic E-state index is 0.146. The number of fused-ring (bicyclic) bond motifs is 1. The van der Waals surface area contributed by atoms with Gasteiger partial charge in [0.25, 0.3) is 0 Å². The Hall–Kier alpha value is -2.52. The highest BCUT2D eigenvalue weighted by Gasteiger charge is 2.35. The fourth-order valence-corrected chi connectivity index (χ4v) is 6.88. The van der Waals surface area contributed by atoms with Crippen molar-refractivity contribution in [2.45, 2.75) is 43.4 Å². The van der Waals surface area contributed by atoms with E-state index in [0.717, 1.165) is 54.0 Å². The van der Waals surface area contributed by atoms with Gasteiger partial charge in [-0.1, -0.05) is 0 Å². The van der Waals surface area contributed by atoms with Crippen molar-refractivity contribution in [3.63, 3.8) is 0 Å². The third-order valence-corrected chi connectivity index (χ3v) is 8.91. The summed E-state index contributed by atoms with van der Waals surface area (Å²) < 4.78 is 28.4. The predicted octanol–water partition coefficient (Wildman–Crippen LogP) is 1.31. The molecule has 0 saturated carbocycles. The number of sulfonamides is 1. The average molecular weight is 440 g/mol. The van der Waals surface area contributed by atoms with Crippen LogP contribution in [0.1, 0.15) is 35.2 Å². The van der Waals surface area contributed by atoms with E-state index in [2.05, 4.69) is 21.2 Å². The fourth-order valence-electron chi connectivity index (χ4n) is 5.35. The maximum absolute atomic E-state index is 13.4. The Bertz CT molecular complexity index is 1190. The molecule has 1 aromatic carbocycles. The van der Waals surface area contributed by atoms with E-state index in [0.29, 0.717) is 50.5 Å². The molecule has 9 heteroatoms. The van der Waals surface area contributed by atoms with Gasteiger partial charge in [0.1, 0.15) is 0 Å². The molecular formula is C22H25N5O3S. The van der Waals surface area contributed by atoms with Crippen molar-refractivity contribution in [2.24, 2.45) is 0 Å². The van der Waals surface area contributed by atoms with Crippen LogP contribution in [0.3, 0.4) is 0 Å². The van der Waals surface area contributed by atoms with Crippen molar-refractivity contribution in [3.05, 3.63) is 40.6 Å². The van der Waals surface area contributed by atoms with Gasteiger partial charge in [-0.3, -0.25) is 4.79 Å². The minimum Gasteiger partial charge on any atom is -0.352 e. The Labute approximate surface area is 181 Å². The number of aryl methyl sites for hydroxylation is 3. The zero-order valence-corrected chi connectivity index (χ0v) is 18.2. The lowest BCUT2D eigenvalue weighted by Crippen LogP contribution is -2.49. The second-order valence-corrected chi connectivity index (χ2v) is 10.7. The fraction of sp³-hybridized carbons (Fsp3) is 0.500. The lowest BCUT2D eigenvalue weighted by molar-refractivity contribution is -0.118. The van der Waals surface area contributed by atoms with E-state index >= 15 is 0 Å². The number of hydrogen-bond donors (Lipinski definition) is 0. The van der Waals surface area contributed by atoms with Crippen molar-refractivity contribution >= 4 is 27.4 Å². The Kier molecular flexibility index (Phi) is 4.33. The topological polar surface area (TPSA) is 86.7 Å². The van der Waals surface area contributed by atoms with Crippen LogP contribution < -0.4 is 9.80 Å². The summed E-state index contributed by atoms with van der Waals surface area (Å²) in [5.74, 6) is 0.997. The van der Waals surface area contributed by atoms with Crippen molar-refractivity contribution in [3.8, 4) is 0 Å². The predicted molar refractivity (Wildman–Crippen MR) is 116 cm³/mol. The third-order valence-electron chi connectivity index (χ3n) is 7.03. The molecule has 0 radical (unpaired) electrons. The van der Waals surface area contributed by atoms with E-state index in [1.54, 1.807) is 16.4 Å². The smallest absolute Gasteiger partial charge is 0.243 e. The van der Waals surface area contributed by atoms with E-state index in [1.807, 2.05) is 4.90 Å². The second kappa shape index (κ2) is 7.00. The first-order valence-corrected chi connectivity index (χ1v) is 12.5. The van der Waals surface area contributed by atoms with Gasteiger partial charge in [0, 0.05) is 39.1 Å². The summed E-state index contributed by atoms with van der Waals surface area (Å²) in [5, 5.41) is 8.74. The van der Waals surface area contributed by atoms with Crippen molar-refractivity contribution < 1.29 is 13.2 Å². The van der Waals surface area contributed by atoms with E-state index in [4.69, 9.17) is 0 Å². The average Bonchev–Trinajstić information content (AvgIpc) is 3.43. The van der Waals surface area contributed by atoms with Crippen molar-refractivity contribution in [1.29, 1.82) is 0 Å². The maximum atomic E-state index is 13.4. The number of amides is 1. The van der Waals surface area contributed by atoms with Crippen LogP contribution in [0.25, 0.3) is 0 Å². The SMILES string of the molecule is O=C1CCc2cc(S(=O)(=O)N3CCN(c4cc5c(nn4)CCC5)CC3)cc3c2N1CC3. The van der Waals surface area contributed by atoms with Gasteiger partial charge >= 0.3 is 0 Å². The van der Waals surface area contributed by atoms with Gasteiger partial charge in [-0.25, -0.2) is 8.42 Å². The molecule has 2 aromatic rings. The van der Waals surface area contributed by atoms with Crippen LogP contribution in [0.4, 0.5) is 11.5 Å². The summed E-state index contributed by atoms with van der Waals surface area (Å²) >= 11 is 0. The number of piperazine rings is 1. The van der Waals surface area contributed by atoms with Gasteiger partial charge in [0.15, 0.2) is 5.82 Å². The van der Waals surface area contributed by atoms with E-state index in [-0.39, 0.29) is 5.91 Å². The quantitative estimate of drug-likeness (QED) is 0.717. The number of aromatic nitrogens is 2. The summed E-state index contributed by atoms with van der Waals surface area (Å²) in [6.45, 7) is 2.72. The summed E-state index contributed by atoms with van der Waals surface area (Å²) in [6, 6.07) is 5.69. The van der Waals surface area contributed by atoms with Crippen LogP contribution in [0.5, 0.6) is 0 Å². The lowest BCUT2D eigenvalue weighted by atomic mass is 10.00. The zero-order valence-electron chi connectivity index (χ0n) is 17.4. The first kappa shape index (κ1) is 19.2. The van der Waals surface area contributed by atoms with Crippen molar-refractivity contribution in [2.75, 3.05) is 42.5 Å². The number of nitrogens with zero attached hydrogens (tertiary/aromatic N) is 5. The van der Waals surface area contributed by atoms with Crippen LogP contribution >= 0.6 is 0 Å². The molecule has 1 fully saturated rings. The summed E-state index contributed by atoms with van der Waals surface area (Å²) in [4.78, 5) is 16.5. The molecule has 1 aromatic heterocycles. The summed E-state index contributed by atoms with van der Waals surface area (Å²) in [7, 11) is -3.57. The Morgan fingerprint density at radius 1 is 0.774 bits per heavy atom. The number of benzene rings is 1. The highest BCUT2D eigenvalue weighted by molar-refractivity contribution is 7.89. The first-order valence-electron chi connectivity index (χ1n) is 11.1. The molecular weight excluding hydrogens is 414 g/mol. The highest BCUT2D eigenvalue weighted by Crippen LogP contribution is 2.39. The normalized spacial score (nSPS) is 20.8. The number of hydrogen-bond acceptors (Lipinski definition) is 6. The van der Waals surface area contributed by atoms with Gasteiger partial charge in [-0.15, -0.1) is 5.10 Å². The zero-order chi connectivity index (χ0) is 21.2. The molecule has 0 N–H and O–H groups in total. The molecule has 0 bridgehead atoms. The maximum Gasteiger partial charge on any atom is 0.243 e. The van der Waals surface area contributed by atoms with Gasteiger partial charge in [-0.2, -0.15) is 9.40 Å². The second-order valence-electron chi connectivity index (χ2n) is 8.80. The summed E-state index contributed by atoms with van der Waals surface area (Å²) in [6.07, 6.45) is 4.98. The van der Waals surface area contributed by atoms with Crippen LogP contribution in [0.2, 0.25) is 0 Å². The monoisotopic (exact) mass is 439 g/mol. The standard InChI is InChI=1S/C22H25N5O3S/c28-21-5-4-16-12-18(13-17-6-7-27(21)22(16)17)31(29,30)26-10-8-25(9-11-26)20-14-15-2-1-3-19(15)23-24-20/h12-14H,1-11H2. The largest absolute Gasteiger partial charge is 0.352 e. The lowest BCUT2D eigenvalue weighted by Gasteiger charge is -2.35. The van der Waals surface area contributed by atoms with Gasteiger partial charge in [-0.05, 0) is 67.0 Å². The molecule has 4 heterocycles. The molecule has 0 atom stereocenters. The molecule has 3 aliphatic heterocycles. The van der Waals surface area contributed by atoms with Crippen LogP contribution in [-0.2, 0) is 40.5 Å². The third kappa shape index (κ3) is 3.05. The molecule has 4 aliphatic rings. The molecule has 31 heavy (non-hydrogen) atoms. The first-order chi connectivity index (χ1) is 15.0. The number of anilines is 2. The van der Waals surface area contributed by atoms with E-state index in [9.17, 15) is 13.2 Å². The van der Waals surface area contributed by atoms with E-state index in [1.165, 1.54) is 5.56 Å². The molecule has 162 valence electrons. The van der Waals surface area contributed by atoms with Gasteiger partial charge < -0.3 is 9.80 Å². The number of carbonyl (C=O) groups is 1. The molecule has 1 aliphatic carbocycles. The minimum atomic E-state index is -3.57. The van der Waals surface area contributed by atoms with Crippen LogP contribution in [0, 0.1) is 0 Å². The Morgan fingerprint density at radius 2 is 1.55 bits per heavy atom. The van der Waals surface area contributed by atoms with E-state index < -0.39 is 10.0 Å². The molecule has 1 saturated heterocycles. The Morgan fingerprint density at radius 3 is 2.35 bits per heavy atom. The van der Waals surface area contributed by atoms with Crippen molar-refractivity contribution in [1.82, 2.24) is 14.5 Å². The Balaban J connectivity index is 1.22. The summed E-state index contributed by atoms with van der Waals surface area (Å²) in [5.41, 5.74) is 5.30. The van der Waals surface area contributed by atoms with Crippen LogP contribution in [-0.4, -0.2) is 61.6 Å². The highest BCUT2D eigenvalue weighted by atomic mass is 32.2. The van der Waals surface area contributed by atoms with Crippen LogP contribution in [0.15, 0.2) is 23.1 Å². The number of rotatable bonds is 3. The number of carbonyl (C=O) groups excluding carboxylic acids is 1. The molecule has 6 rings (SSSR count). The molecule has 8 nitrogen and oxygen atoms in total. The van der Waals surface area contributed by atoms with Gasteiger partial charge in [0.05, 0.1) is 16.3 Å².